The van der Waals surface area contributed by atoms with Crippen molar-refractivity contribution in [3.8, 4) is 0 Å². The first kappa shape index (κ1) is 15.5. The van der Waals surface area contributed by atoms with Crippen molar-refractivity contribution < 1.29 is 0 Å². The zero-order chi connectivity index (χ0) is 14.3. The number of nitrogens with one attached hydrogen (secondary N) is 1. The van der Waals surface area contributed by atoms with Gasteiger partial charge in [-0.15, -0.1) is 0 Å². The van der Waals surface area contributed by atoms with Crippen molar-refractivity contribution in [2.24, 2.45) is 10.4 Å². The molecule has 1 rings (SSSR count). The number of hydrogen-bond acceptors (Lipinski definition) is 1. The summed E-state index contributed by atoms with van der Waals surface area (Å²) in [6.07, 6.45) is 1.13. The molecule has 3 nitrogen and oxygen atoms in total. The van der Waals surface area contributed by atoms with Gasteiger partial charge in [-0.25, -0.2) is 0 Å². The molecule has 0 aromatic heterocycles. The lowest BCUT2D eigenvalue weighted by Crippen LogP contribution is -2.39. The third-order valence-corrected chi connectivity index (χ3v) is 2.99. The van der Waals surface area contributed by atoms with Crippen LogP contribution in [0.5, 0.6) is 0 Å². The summed E-state index contributed by atoms with van der Waals surface area (Å²) in [5.41, 5.74) is 1.65. The van der Waals surface area contributed by atoms with Crippen LogP contribution in [0.3, 0.4) is 0 Å². The molecule has 0 fully saturated rings. The van der Waals surface area contributed by atoms with E-state index in [0.29, 0.717) is 5.41 Å². The first-order valence-corrected chi connectivity index (χ1v) is 6.88. The number of aliphatic imine (C=N–C) groups is 1. The standard InChI is InChI=1S/C16H27N3/c1-16(2,3)11-12-18-15(17-4)19(5)13-14-9-7-6-8-10-14/h6-10H,11-13H2,1-5H3,(H,17,18). The van der Waals surface area contributed by atoms with Gasteiger partial charge in [-0.05, 0) is 17.4 Å². The first-order valence-electron chi connectivity index (χ1n) is 6.88. The van der Waals surface area contributed by atoms with Gasteiger partial charge < -0.3 is 10.2 Å². The summed E-state index contributed by atoms with van der Waals surface area (Å²) in [6.45, 7) is 8.59. The minimum atomic E-state index is 0.351. The van der Waals surface area contributed by atoms with E-state index >= 15 is 0 Å². The molecular formula is C16H27N3. The van der Waals surface area contributed by atoms with Gasteiger partial charge in [-0.1, -0.05) is 51.1 Å². The van der Waals surface area contributed by atoms with E-state index in [1.807, 2.05) is 13.1 Å². The van der Waals surface area contributed by atoms with Crippen molar-refractivity contribution in [3.63, 3.8) is 0 Å². The lowest BCUT2D eigenvalue weighted by Gasteiger charge is -2.24. The summed E-state index contributed by atoms with van der Waals surface area (Å²) < 4.78 is 0. The van der Waals surface area contributed by atoms with Gasteiger partial charge in [0.25, 0.3) is 0 Å². The molecule has 0 spiro atoms. The first-order chi connectivity index (χ1) is 8.92. The molecule has 3 heteroatoms. The number of hydrogen-bond donors (Lipinski definition) is 1. The fourth-order valence-electron chi connectivity index (χ4n) is 1.87. The molecule has 0 aliphatic rings. The van der Waals surface area contributed by atoms with Crippen molar-refractivity contribution in [2.75, 3.05) is 20.6 Å². The molecule has 0 saturated carbocycles. The quantitative estimate of drug-likeness (QED) is 0.666. The van der Waals surface area contributed by atoms with Gasteiger partial charge in [0.1, 0.15) is 0 Å². The third kappa shape index (κ3) is 6.27. The van der Waals surface area contributed by atoms with Crippen LogP contribution in [-0.2, 0) is 6.54 Å². The van der Waals surface area contributed by atoms with E-state index in [1.165, 1.54) is 5.56 Å². The molecule has 1 N–H and O–H groups in total. The normalized spacial score (nSPS) is 12.4. The summed E-state index contributed by atoms with van der Waals surface area (Å²) in [4.78, 5) is 6.49. The zero-order valence-corrected chi connectivity index (χ0v) is 12.9. The highest BCUT2D eigenvalue weighted by molar-refractivity contribution is 5.79. The Balaban J connectivity index is 2.47. The molecule has 0 saturated heterocycles. The average Bonchev–Trinajstić information content (AvgIpc) is 2.34. The predicted molar refractivity (Wildman–Crippen MR) is 83.3 cm³/mol. The van der Waals surface area contributed by atoms with Crippen LogP contribution in [-0.4, -0.2) is 31.5 Å². The maximum absolute atomic E-state index is 4.34. The largest absolute Gasteiger partial charge is 0.356 e. The molecule has 1 aromatic carbocycles. The van der Waals surface area contributed by atoms with E-state index in [9.17, 15) is 0 Å². The minimum Gasteiger partial charge on any atom is -0.356 e. The molecule has 0 radical (unpaired) electrons. The van der Waals surface area contributed by atoms with Crippen molar-refractivity contribution in [2.45, 2.75) is 33.7 Å². The van der Waals surface area contributed by atoms with Crippen molar-refractivity contribution >= 4 is 5.96 Å². The molecule has 0 aliphatic heterocycles. The van der Waals surface area contributed by atoms with Gasteiger partial charge in [0.2, 0.25) is 0 Å². The summed E-state index contributed by atoms with van der Waals surface area (Å²) in [6, 6.07) is 10.5. The minimum absolute atomic E-state index is 0.351. The van der Waals surface area contributed by atoms with Crippen LogP contribution < -0.4 is 5.32 Å². The molecule has 0 heterocycles. The van der Waals surface area contributed by atoms with Crippen molar-refractivity contribution in [3.05, 3.63) is 35.9 Å². The Bertz CT molecular complexity index is 390. The smallest absolute Gasteiger partial charge is 0.193 e. The number of rotatable bonds is 4. The number of guanidine groups is 1. The molecule has 106 valence electrons. The Morgan fingerprint density at radius 1 is 1.21 bits per heavy atom. The summed E-state index contributed by atoms with van der Waals surface area (Å²) >= 11 is 0. The third-order valence-electron chi connectivity index (χ3n) is 2.99. The molecule has 0 aliphatic carbocycles. The average molecular weight is 261 g/mol. The van der Waals surface area contributed by atoms with Crippen LogP contribution in [0, 0.1) is 5.41 Å². The SMILES string of the molecule is CN=C(NCCC(C)(C)C)N(C)Cc1ccccc1. The highest BCUT2D eigenvalue weighted by Crippen LogP contribution is 2.17. The Hall–Kier alpha value is -1.51. The van der Waals surface area contributed by atoms with Crippen molar-refractivity contribution in [1.29, 1.82) is 0 Å². The van der Waals surface area contributed by atoms with E-state index in [2.05, 4.69) is 67.3 Å². The van der Waals surface area contributed by atoms with Gasteiger partial charge >= 0.3 is 0 Å². The van der Waals surface area contributed by atoms with Crippen LogP contribution in [0.2, 0.25) is 0 Å². The molecule has 0 bridgehead atoms. The van der Waals surface area contributed by atoms with Crippen LogP contribution >= 0.6 is 0 Å². The van der Waals surface area contributed by atoms with E-state index in [1.54, 1.807) is 0 Å². The van der Waals surface area contributed by atoms with Gasteiger partial charge in [0, 0.05) is 27.2 Å². The fourth-order valence-corrected chi connectivity index (χ4v) is 1.87. The second-order valence-corrected chi connectivity index (χ2v) is 6.13. The Morgan fingerprint density at radius 2 is 1.84 bits per heavy atom. The molecular weight excluding hydrogens is 234 g/mol. The molecule has 1 aromatic rings. The monoisotopic (exact) mass is 261 g/mol. The predicted octanol–water partition coefficient (Wildman–Crippen LogP) is 3.13. The van der Waals surface area contributed by atoms with Gasteiger partial charge in [0.05, 0.1) is 0 Å². The highest BCUT2D eigenvalue weighted by atomic mass is 15.3. The van der Waals surface area contributed by atoms with Gasteiger partial charge in [0.15, 0.2) is 5.96 Å². The van der Waals surface area contributed by atoms with E-state index in [0.717, 1.165) is 25.5 Å². The molecule has 0 amide bonds. The van der Waals surface area contributed by atoms with E-state index in [-0.39, 0.29) is 0 Å². The fraction of sp³-hybridized carbons (Fsp3) is 0.562. The van der Waals surface area contributed by atoms with E-state index < -0.39 is 0 Å². The van der Waals surface area contributed by atoms with Gasteiger partial charge in [-0.2, -0.15) is 0 Å². The second kappa shape index (κ2) is 7.17. The Morgan fingerprint density at radius 3 is 2.37 bits per heavy atom. The van der Waals surface area contributed by atoms with Gasteiger partial charge in [-0.3, -0.25) is 4.99 Å². The number of nitrogens with zero attached hydrogens (tertiary/aromatic N) is 2. The summed E-state index contributed by atoms with van der Waals surface area (Å²) in [7, 11) is 3.90. The molecule has 0 atom stereocenters. The maximum atomic E-state index is 4.34. The Kier molecular flexibility index (Phi) is 5.87. The van der Waals surface area contributed by atoms with E-state index in [4.69, 9.17) is 0 Å². The summed E-state index contributed by atoms with van der Waals surface area (Å²) in [5, 5.41) is 3.42. The van der Waals surface area contributed by atoms with Crippen LogP contribution in [0.15, 0.2) is 35.3 Å². The molecule has 19 heavy (non-hydrogen) atoms. The van der Waals surface area contributed by atoms with Crippen LogP contribution in [0.1, 0.15) is 32.8 Å². The van der Waals surface area contributed by atoms with Crippen LogP contribution in [0.25, 0.3) is 0 Å². The Labute approximate surface area is 117 Å². The highest BCUT2D eigenvalue weighted by Gasteiger charge is 2.11. The van der Waals surface area contributed by atoms with Crippen molar-refractivity contribution in [1.82, 2.24) is 10.2 Å². The molecule has 0 unspecified atom stereocenters. The zero-order valence-electron chi connectivity index (χ0n) is 12.9. The lowest BCUT2D eigenvalue weighted by molar-refractivity contribution is 0.372. The second-order valence-electron chi connectivity index (χ2n) is 6.13. The summed E-state index contributed by atoms with van der Waals surface area (Å²) in [5.74, 6) is 0.952. The van der Waals surface area contributed by atoms with Crippen LogP contribution in [0.4, 0.5) is 0 Å². The maximum Gasteiger partial charge on any atom is 0.193 e. The lowest BCUT2D eigenvalue weighted by atomic mass is 9.92. The topological polar surface area (TPSA) is 27.6 Å². The number of benzene rings is 1.